The van der Waals surface area contributed by atoms with Crippen LogP contribution in [-0.4, -0.2) is 55.8 Å². The zero-order valence-electron chi connectivity index (χ0n) is 21.3. The highest BCUT2D eigenvalue weighted by molar-refractivity contribution is 7.99. The van der Waals surface area contributed by atoms with E-state index >= 15 is 0 Å². The number of carbonyl (C=O) groups excluding carboxylic acids is 1. The molecule has 6 nitrogen and oxygen atoms in total. The van der Waals surface area contributed by atoms with Gasteiger partial charge in [-0.3, -0.25) is 4.79 Å². The Morgan fingerprint density at radius 3 is 2.30 bits per heavy atom. The van der Waals surface area contributed by atoms with E-state index in [1.165, 1.54) is 0 Å². The summed E-state index contributed by atoms with van der Waals surface area (Å²) in [6.07, 6.45) is -0.277. The second-order valence-electron chi connectivity index (χ2n) is 8.53. The topological polar surface area (TPSA) is 79.8 Å². The van der Waals surface area contributed by atoms with Crippen molar-refractivity contribution < 1.29 is 19.4 Å². The third-order valence-electron chi connectivity index (χ3n) is 5.88. The molecule has 0 heterocycles. The van der Waals surface area contributed by atoms with Gasteiger partial charge in [-0.15, -0.1) is 24.2 Å². The van der Waals surface area contributed by atoms with Crippen LogP contribution in [-0.2, 0) is 22.5 Å². The summed E-state index contributed by atoms with van der Waals surface area (Å²) < 4.78 is 10.8. The number of carbonyl (C=O) groups is 1. The molecule has 0 fully saturated rings. The number of thioether (sulfide) groups is 1. The Morgan fingerprint density at radius 1 is 0.946 bits per heavy atom. The van der Waals surface area contributed by atoms with E-state index < -0.39 is 18.2 Å². The summed E-state index contributed by atoms with van der Waals surface area (Å²) in [7, 11) is 3.19. The first kappa shape index (κ1) is 30.7. The Labute approximate surface area is 230 Å². The summed E-state index contributed by atoms with van der Waals surface area (Å²) in [6, 6.07) is 27.3. The van der Waals surface area contributed by atoms with Crippen molar-refractivity contribution in [2.75, 3.05) is 26.5 Å². The van der Waals surface area contributed by atoms with Crippen LogP contribution in [0.2, 0.25) is 0 Å². The number of nitrogens with one attached hydrogen (secondary N) is 2. The first-order chi connectivity index (χ1) is 17.6. The minimum atomic E-state index is -0.782. The summed E-state index contributed by atoms with van der Waals surface area (Å²) in [5.74, 6) is 1.34. The Hall–Kier alpha value is -2.55. The lowest BCUT2D eigenvalue weighted by molar-refractivity contribution is -0.132. The highest BCUT2D eigenvalue weighted by atomic mass is 35.5. The van der Waals surface area contributed by atoms with Crippen LogP contribution in [0.15, 0.2) is 89.8 Å². The van der Waals surface area contributed by atoms with Crippen molar-refractivity contribution in [3.8, 4) is 5.75 Å². The number of benzene rings is 3. The molecule has 0 radical (unpaired) electrons. The van der Waals surface area contributed by atoms with Crippen LogP contribution in [0, 0.1) is 0 Å². The van der Waals surface area contributed by atoms with E-state index in [0.29, 0.717) is 25.9 Å². The van der Waals surface area contributed by atoms with Gasteiger partial charge in [-0.2, -0.15) is 0 Å². The quantitative estimate of drug-likeness (QED) is 0.245. The second-order valence-corrected chi connectivity index (χ2v) is 9.70. The van der Waals surface area contributed by atoms with Crippen LogP contribution in [0.1, 0.15) is 17.5 Å². The molecule has 0 bridgehead atoms. The number of aliphatic hydroxyl groups excluding tert-OH is 1. The first-order valence-electron chi connectivity index (χ1n) is 12.2. The summed E-state index contributed by atoms with van der Waals surface area (Å²) in [5, 5.41) is 17.4. The van der Waals surface area contributed by atoms with Crippen molar-refractivity contribution >= 4 is 30.1 Å². The van der Waals surface area contributed by atoms with E-state index in [1.807, 2.05) is 72.8 Å². The highest BCUT2D eigenvalue weighted by Crippen LogP contribution is 2.19. The van der Waals surface area contributed by atoms with Crippen molar-refractivity contribution in [2.45, 2.75) is 42.5 Å². The van der Waals surface area contributed by atoms with Gasteiger partial charge in [-0.25, -0.2) is 0 Å². The van der Waals surface area contributed by atoms with Gasteiger partial charge in [0.15, 0.2) is 0 Å². The van der Waals surface area contributed by atoms with Gasteiger partial charge >= 0.3 is 0 Å². The maximum Gasteiger partial charge on any atom is 0.249 e. The third kappa shape index (κ3) is 10.8. The molecule has 3 rings (SSSR count). The van der Waals surface area contributed by atoms with Gasteiger partial charge in [0.05, 0.1) is 19.3 Å². The lowest BCUT2D eigenvalue weighted by atomic mass is 10.0. The number of methoxy groups -OCH3 is 2. The van der Waals surface area contributed by atoms with Crippen LogP contribution >= 0.6 is 24.2 Å². The lowest BCUT2D eigenvalue weighted by Crippen LogP contribution is -2.51. The zero-order valence-corrected chi connectivity index (χ0v) is 23.0. The van der Waals surface area contributed by atoms with Crippen molar-refractivity contribution in [3.05, 3.63) is 96.1 Å². The van der Waals surface area contributed by atoms with Crippen LogP contribution < -0.4 is 15.4 Å². The summed E-state index contributed by atoms with van der Waals surface area (Å²) in [4.78, 5) is 14.3. The van der Waals surface area contributed by atoms with Crippen LogP contribution in [0.3, 0.4) is 0 Å². The smallest absolute Gasteiger partial charge is 0.249 e. The predicted octanol–water partition coefficient (Wildman–Crippen LogP) is 4.49. The van der Waals surface area contributed by atoms with Gasteiger partial charge in [0.25, 0.3) is 0 Å². The Balaban J connectivity index is 0.00000481. The maximum atomic E-state index is 13.1. The second kappa shape index (κ2) is 17.1. The van der Waals surface area contributed by atoms with Gasteiger partial charge in [-0.1, -0.05) is 60.7 Å². The first-order valence-corrected chi connectivity index (χ1v) is 13.1. The SMILES string of the molecule is COc1cccc(CNCC(O)C(Cc2ccccc2)NC(=O)C(CCSc2ccccc2)OC)c1.Cl. The number of halogens is 1. The zero-order chi connectivity index (χ0) is 25.6. The summed E-state index contributed by atoms with van der Waals surface area (Å²) in [6.45, 7) is 0.911. The van der Waals surface area contributed by atoms with Crippen molar-refractivity contribution in [1.29, 1.82) is 0 Å². The highest BCUT2D eigenvalue weighted by Gasteiger charge is 2.26. The van der Waals surface area contributed by atoms with Gasteiger partial charge in [0.1, 0.15) is 11.9 Å². The predicted molar refractivity (Wildman–Crippen MR) is 153 cm³/mol. The fourth-order valence-corrected chi connectivity index (χ4v) is 4.79. The number of amides is 1. The summed E-state index contributed by atoms with van der Waals surface area (Å²) in [5.41, 5.74) is 2.10. The molecular weight excluding hydrogens is 508 g/mol. The molecule has 200 valence electrons. The molecule has 3 aromatic carbocycles. The van der Waals surface area contributed by atoms with E-state index in [-0.39, 0.29) is 18.3 Å². The summed E-state index contributed by atoms with van der Waals surface area (Å²) >= 11 is 1.69. The van der Waals surface area contributed by atoms with Gasteiger partial charge < -0.3 is 25.2 Å². The van der Waals surface area contributed by atoms with Crippen molar-refractivity contribution in [3.63, 3.8) is 0 Å². The molecular formula is C29H37ClN2O4S. The monoisotopic (exact) mass is 544 g/mol. The van der Waals surface area contributed by atoms with E-state index in [4.69, 9.17) is 9.47 Å². The lowest BCUT2D eigenvalue weighted by Gasteiger charge is -2.27. The average molecular weight is 545 g/mol. The number of hydrogen-bond donors (Lipinski definition) is 3. The largest absolute Gasteiger partial charge is 0.497 e. The molecule has 0 aromatic heterocycles. The van der Waals surface area contributed by atoms with Crippen LogP contribution in [0.5, 0.6) is 5.75 Å². The molecule has 3 N–H and O–H groups in total. The molecule has 0 aliphatic rings. The third-order valence-corrected chi connectivity index (χ3v) is 6.92. The fourth-order valence-electron chi connectivity index (χ4n) is 3.87. The molecule has 0 aliphatic carbocycles. The van der Waals surface area contributed by atoms with Crippen molar-refractivity contribution in [1.82, 2.24) is 10.6 Å². The normalized spacial score (nSPS) is 13.2. The van der Waals surface area contributed by atoms with E-state index in [1.54, 1.807) is 26.0 Å². The van der Waals surface area contributed by atoms with Crippen LogP contribution in [0.4, 0.5) is 0 Å². The number of rotatable bonds is 15. The molecule has 8 heteroatoms. The molecule has 0 aliphatic heterocycles. The van der Waals surface area contributed by atoms with E-state index in [0.717, 1.165) is 27.5 Å². The fraction of sp³-hybridized carbons (Fsp3) is 0.345. The number of ether oxygens (including phenoxy) is 2. The van der Waals surface area contributed by atoms with Gasteiger partial charge in [0.2, 0.25) is 5.91 Å². The minimum absolute atomic E-state index is 0. The molecule has 0 spiro atoms. The minimum Gasteiger partial charge on any atom is -0.497 e. The molecule has 0 saturated heterocycles. The Bertz CT molecular complexity index is 1040. The molecule has 3 unspecified atom stereocenters. The molecule has 1 amide bonds. The molecule has 3 aromatic rings. The average Bonchev–Trinajstić information content (AvgIpc) is 2.92. The van der Waals surface area contributed by atoms with E-state index in [2.05, 4.69) is 22.8 Å². The van der Waals surface area contributed by atoms with Crippen LogP contribution in [0.25, 0.3) is 0 Å². The standard InChI is InChI=1S/C29H36N2O4S.ClH/c1-34-24-13-9-12-23(18-24)20-30-21-27(32)26(19-22-10-5-3-6-11-22)31-29(33)28(35-2)16-17-36-25-14-7-4-8-15-25;/h3-15,18,26-28,30,32H,16-17,19-21H2,1-2H3,(H,31,33);1H. The Morgan fingerprint density at radius 2 is 1.62 bits per heavy atom. The molecule has 0 saturated carbocycles. The van der Waals surface area contributed by atoms with Gasteiger partial charge in [-0.05, 0) is 48.2 Å². The van der Waals surface area contributed by atoms with Gasteiger partial charge in [0, 0.05) is 30.8 Å². The number of hydrogen-bond acceptors (Lipinski definition) is 6. The Kier molecular flexibility index (Phi) is 14.1. The maximum absolute atomic E-state index is 13.1. The molecule has 3 atom stereocenters. The van der Waals surface area contributed by atoms with E-state index in [9.17, 15) is 9.90 Å². The number of aliphatic hydroxyl groups is 1. The molecule has 37 heavy (non-hydrogen) atoms. The van der Waals surface area contributed by atoms with Crippen molar-refractivity contribution in [2.24, 2.45) is 0 Å².